The smallest absolute Gasteiger partial charge is 0.336 e. The summed E-state index contributed by atoms with van der Waals surface area (Å²) in [6, 6.07) is 0. The first-order chi connectivity index (χ1) is 21.5. The number of anilines is 1. The van der Waals surface area contributed by atoms with Crippen LogP contribution in [0.4, 0.5) is 10.3 Å². The minimum Gasteiger partial charge on any atom is -0.387 e. The Hall–Kier alpha value is -3.95. The van der Waals surface area contributed by atoms with Crippen molar-refractivity contribution in [3.63, 3.8) is 0 Å². The van der Waals surface area contributed by atoms with Gasteiger partial charge in [0, 0.05) is 18.9 Å². The summed E-state index contributed by atoms with van der Waals surface area (Å²) in [6.45, 7) is 4.69. The molecule has 2 aliphatic heterocycles. The Morgan fingerprint density at radius 2 is 1.96 bits per heavy atom. The summed E-state index contributed by atoms with van der Waals surface area (Å²) in [7, 11) is -4.51. The van der Waals surface area contributed by atoms with Gasteiger partial charge in [-0.1, -0.05) is 20.8 Å². The molecule has 45 heavy (non-hydrogen) atoms. The largest absolute Gasteiger partial charge is 0.387 e. The van der Waals surface area contributed by atoms with Gasteiger partial charge in [-0.15, -0.1) is 0 Å². The topological polar surface area (TPSA) is 230 Å². The molecule has 4 N–H and O–H groups in total. The maximum absolute atomic E-state index is 15.1. The molecule has 20 heteroatoms. The van der Waals surface area contributed by atoms with E-state index in [9.17, 15) is 23.1 Å². The molecule has 0 bridgehead atoms. The molecule has 2 saturated heterocycles. The standard InChI is InChI=1S/C25H31FN10O8S/c1-4-12-5-14(23(42-12)36-10-30-17-20(36)32-25(34-22(17)39)33-21(38)11(2)3)44-45(40,41)31-7-15-18(37)16(26)24(43-15)35-9-29-13-6-27-8-28-19(13)35/h6,8-12,14-16,18,23-24,31,37H,4-5,7H2,1-3H3,(H2,32,33,34,38,39)/t12-,14-,15-,16-,18-,23-,24-/m1/s1. The number of halogens is 1. The molecule has 7 atom stereocenters. The Morgan fingerprint density at radius 1 is 1.20 bits per heavy atom. The first-order valence-corrected chi connectivity index (χ1v) is 15.6. The van der Waals surface area contributed by atoms with Gasteiger partial charge in [0.05, 0.1) is 25.0 Å². The molecular formula is C25H31FN10O8S. The number of imidazole rings is 2. The number of H-pyrrole nitrogens is 1. The van der Waals surface area contributed by atoms with Gasteiger partial charge in [0.15, 0.2) is 35.4 Å². The normalized spacial score (nSPS) is 27.2. The maximum Gasteiger partial charge on any atom is 0.336 e. The van der Waals surface area contributed by atoms with E-state index in [4.69, 9.17) is 13.7 Å². The van der Waals surface area contributed by atoms with Crippen LogP contribution >= 0.6 is 0 Å². The fraction of sp³-hybridized carbons (Fsp3) is 0.560. The Balaban J connectivity index is 1.18. The van der Waals surface area contributed by atoms with Crippen LogP contribution in [0, 0.1) is 5.92 Å². The lowest BCUT2D eigenvalue weighted by molar-refractivity contribution is -0.118. The number of aliphatic hydroxyl groups is 1. The molecule has 4 aromatic rings. The van der Waals surface area contributed by atoms with E-state index in [1.54, 1.807) is 13.8 Å². The van der Waals surface area contributed by atoms with E-state index < -0.39 is 65.5 Å². The Kier molecular flexibility index (Phi) is 8.35. The lowest BCUT2D eigenvalue weighted by atomic mass is 10.1. The average molecular weight is 651 g/mol. The third kappa shape index (κ3) is 6.03. The van der Waals surface area contributed by atoms with Crippen molar-refractivity contribution in [3.05, 3.63) is 35.5 Å². The summed E-state index contributed by atoms with van der Waals surface area (Å²) < 4.78 is 63.4. The fourth-order valence-electron chi connectivity index (χ4n) is 5.19. The molecule has 0 saturated carbocycles. The molecular weight excluding hydrogens is 619 g/mol. The second-order valence-corrected chi connectivity index (χ2v) is 12.4. The van der Waals surface area contributed by atoms with E-state index in [0.717, 1.165) is 0 Å². The third-order valence-corrected chi connectivity index (χ3v) is 8.61. The SMILES string of the molecule is CC[C@@H]1C[C@@H](OS(=O)(=O)NC[C@H]2O[C@@H](n3cnc4cncnc43)[C@H](F)[C@@H]2O)[C@H](n2cnc3c(=O)[nH]c(NC(=O)C(C)C)nc32)O1. The lowest BCUT2D eigenvalue weighted by Crippen LogP contribution is -2.41. The number of nitrogens with one attached hydrogen (secondary N) is 3. The van der Waals surface area contributed by atoms with Gasteiger partial charge >= 0.3 is 10.3 Å². The molecule has 0 aromatic carbocycles. The van der Waals surface area contributed by atoms with Crippen molar-refractivity contribution < 1.29 is 36.4 Å². The quantitative estimate of drug-likeness (QED) is 0.178. The van der Waals surface area contributed by atoms with Gasteiger partial charge in [0.2, 0.25) is 11.9 Å². The molecule has 0 aliphatic carbocycles. The van der Waals surface area contributed by atoms with Crippen LogP contribution in [0.1, 0.15) is 46.1 Å². The van der Waals surface area contributed by atoms with Gasteiger partial charge in [-0.05, 0) is 6.42 Å². The average Bonchev–Trinajstić information content (AvgIpc) is 3.77. The summed E-state index contributed by atoms with van der Waals surface area (Å²) in [5.41, 5.74) is 0.0375. The number of rotatable bonds is 10. The number of fused-ring (bicyclic) bond motifs is 2. The molecule has 0 unspecified atom stereocenters. The third-order valence-electron chi connectivity index (χ3n) is 7.59. The van der Waals surface area contributed by atoms with Crippen LogP contribution in [-0.2, 0) is 28.8 Å². The van der Waals surface area contributed by atoms with Gasteiger partial charge in [-0.3, -0.25) is 29.0 Å². The molecule has 0 radical (unpaired) electrons. The van der Waals surface area contributed by atoms with Crippen LogP contribution in [-0.4, -0.2) is 95.6 Å². The van der Waals surface area contributed by atoms with Gasteiger partial charge in [-0.2, -0.15) is 18.1 Å². The number of amides is 1. The molecule has 4 aromatic heterocycles. The second kappa shape index (κ2) is 12.1. The summed E-state index contributed by atoms with van der Waals surface area (Å²) in [4.78, 5) is 47.8. The summed E-state index contributed by atoms with van der Waals surface area (Å²) >= 11 is 0. The highest BCUT2D eigenvalue weighted by atomic mass is 32.2. The number of hydrogen-bond acceptors (Lipinski definition) is 13. The van der Waals surface area contributed by atoms with E-state index in [2.05, 4.69) is 39.9 Å². The van der Waals surface area contributed by atoms with E-state index in [-0.39, 0.29) is 41.0 Å². The van der Waals surface area contributed by atoms with Crippen LogP contribution in [0.15, 0.2) is 30.0 Å². The van der Waals surface area contributed by atoms with Gasteiger partial charge in [0.1, 0.15) is 30.2 Å². The first-order valence-electron chi connectivity index (χ1n) is 14.2. The number of aliphatic hydroxyl groups excluding tert-OH is 1. The lowest BCUT2D eigenvalue weighted by Gasteiger charge is -2.21. The Bertz CT molecular complexity index is 1880. The number of nitrogens with zero attached hydrogens (tertiary/aromatic N) is 7. The van der Waals surface area contributed by atoms with Crippen molar-refractivity contribution in [2.24, 2.45) is 5.92 Å². The number of carbonyl (C=O) groups is 1. The van der Waals surface area contributed by atoms with E-state index in [1.807, 2.05) is 6.92 Å². The highest BCUT2D eigenvalue weighted by Crippen LogP contribution is 2.36. The van der Waals surface area contributed by atoms with Gasteiger partial charge in [0.25, 0.3) is 5.56 Å². The van der Waals surface area contributed by atoms with Crippen molar-refractivity contribution in [1.29, 1.82) is 0 Å². The monoisotopic (exact) mass is 650 g/mol. The fourth-order valence-corrected chi connectivity index (χ4v) is 6.13. The summed E-state index contributed by atoms with van der Waals surface area (Å²) in [5, 5.41) is 13.0. The number of ether oxygens (including phenoxy) is 2. The summed E-state index contributed by atoms with van der Waals surface area (Å²) in [5.74, 6) is -0.868. The van der Waals surface area contributed by atoms with Crippen LogP contribution < -0.4 is 15.6 Å². The molecule has 1 amide bonds. The predicted molar refractivity (Wildman–Crippen MR) is 152 cm³/mol. The number of aromatic amines is 1. The summed E-state index contributed by atoms with van der Waals surface area (Å²) in [6.07, 6.45) is -2.77. The predicted octanol–water partition coefficient (Wildman–Crippen LogP) is 0.0675. The van der Waals surface area contributed by atoms with E-state index in [0.29, 0.717) is 11.9 Å². The molecule has 18 nitrogen and oxygen atoms in total. The zero-order valence-corrected chi connectivity index (χ0v) is 25.1. The zero-order valence-electron chi connectivity index (χ0n) is 24.3. The number of hydrogen-bond donors (Lipinski definition) is 4. The number of alkyl halides is 1. The van der Waals surface area contributed by atoms with Crippen molar-refractivity contribution in [2.45, 2.75) is 76.7 Å². The van der Waals surface area contributed by atoms with Crippen LogP contribution in [0.25, 0.3) is 22.3 Å². The highest BCUT2D eigenvalue weighted by Gasteiger charge is 2.46. The van der Waals surface area contributed by atoms with Crippen molar-refractivity contribution in [3.8, 4) is 0 Å². The minimum atomic E-state index is -4.51. The van der Waals surface area contributed by atoms with Gasteiger partial charge in [-0.25, -0.2) is 28.5 Å². The van der Waals surface area contributed by atoms with Crippen LogP contribution in [0.3, 0.4) is 0 Å². The molecule has 2 fully saturated rings. The number of carbonyl (C=O) groups excluding carboxylic acids is 1. The Labute approximate surface area is 254 Å². The molecule has 0 spiro atoms. The minimum absolute atomic E-state index is 0.0401. The Morgan fingerprint density at radius 3 is 2.71 bits per heavy atom. The second-order valence-electron chi connectivity index (χ2n) is 11.0. The van der Waals surface area contributed by atoms with Gasteiger partial charge < -0.3 is 14.6 Å². The molecule has 2 aliphatic rings. The van der Waals surface area contributed by atoms with Crippen molar-refractivity contribution in [1.82, 2.24) is 43.8 Å². The van der Waals surface area contributed by atoms with E-state index >= 15 is 4.39 Å². The van der Waals surface area contributed by atoms with Crippen molar-refractivity contribution in [2.75, 3.05) is 11.9 Å². The van der Waals surface area contributed by atoms with Crippen molar-refractivity contribution >= 4 is 44.5 Å². The van der Waals surface area contributed by atoms with E-state index in [1.165, 1.54) is 34.3 Å². The zero-order chi connectivity index (χ0) is 32.0. The van der Waals surface area contributed by atoms with Crippen LogP contribution in [0.2, 0.25) is 0 Å². The molecule has 242 valence electrons. The first kappa shape index (κ1) is 31.0. The van der Waals surface area contributed by atoms with Crippen LogP contribution in [0.5, 0.6) is 0 Å². The molecule has 6 rings (SSSR count). The highest BCUT2D eigenvalue weighted by molar-refractivity contribution is 7.84. The number of aromatic nitrogens is 8. The maximum atomic E-state index is 15.1. The molecule has 6 heterocycles.